The zero-order valence-electron chi connectivity index (χ0n) is 22.5. The van der Waals surface area contributed by atoms with Gasteiger partial charge in [-0.1, -0.05) is 48.0 Å². The highest BCUT2D eigenvalue weighted by Crippen LogP contribution is 2.28. The van der Waals surface area contributed by atoms with Crippen molar-refractivity contribution in [2.45, 2.75) is 79.1 Å². The summed E-state index contributed by atoms with van der Waals surface area (Å²) in [5, 5.41) is 15.4. The Kier molecular flexibility index (Phi) is 9.64. The number of alkyl carbamates (subject to hydrolysis) is 1. The van der Waals surface area contributed by atoms with Crippen molar-refractivity contribution in [1.82, 2.24) is 10.2 Å². The second kappa shape index (κ2) is 12.0. The molecule has 2 unspecified atom stereocenters. The second-order valence-corrected chi connectivity index (χ2v) is 10.3. The van der Waals surface area contributed by atoms with Crippen LogP contribution in [0.1, 0.15) is 62.9 Å². The molecule has 0 radical (unpaired) electrons. The molecule has 0 heterocycles. The van der Waals surface area contributed by atoms with Crippen LogP contribution in [0.3, 0.4) is 0 Å². The molecule has 2 aromatic carbocycles. The van der Waals surface area contributed by atoms with Gasteiger partial charge in [0.1, 0.15) is 17.7 Å². The molecule has 3 amide bonds. The fourth-order valence-corrected chi connectivity index (χ4v) is 3.89. The lowest BCUT2D eigenvalue weighted by Gasteiger charge is -2.37. The second-order valence-electron chi connectivity index (χ2n) is 10.3. The summed E-state index contributed by atoms with van der Waals surface area (Å²) in [5.41, 5.74) is 3.32. The molecule has 0 aliphatic carbocycles. The van der Waals surface area contributed by atoms with Gasteiger partial charge in [-0.2, -0.15) is 0 Å². The molecule has 2 aromatic rings. The van der Waals surface area contributed by atoms with Gasteiger partial charge in [0.2, 0.25) is 5.91 Å². The lowest BCUT2D eigenvalue weighted by molar-refractivity contribution is -0.143. The minimum Gasteiger partial charge on any atom is -0.444 e. The summed E-state index contributed by atoms with van der Waals surface area (Å²) < 4.78 is 5.26. The molecule has 8 nitrogen and oxygen atoms in total. The number of anilines is 1. The molecule has 0 fully saturated rings. The molecule has 2 atom stereocenters. The zero-order chi connectivity index (χ0) is 27.2. The molecule has 0 aromatic heterocycles. The van der Waals surface area contributed by atoms with Crippen LogP contribution in [0, 0.1) is 20.8 Å². The van der Waals surface area contributed by atoms with E-state index in [1.165, 1.54) is 4.90 Å². The average Bonchev–Trinajstić information content (AvgIpc) is 2.77. The first-order valence-electron chi connectivity index (χ1n) is 12.1. The van der Waals surface area contributed by atoms with Crippen molar-refractivity contribution in [1.29, 1.82) is 0 Å². The van der Waals surface area contributed by atoms with E-state index in [1.807, 2.05) is 63.2 Å². The zero-order valence-corrected chi connectivity index (χ0v) is 22.5. The summed E-state index contributed by atoms with van der Waals surface area (Å²) in [6, 6.07) is 10.4. The van der Waals surface area contributed by atoms with Crippen molar-refractivity contribution in [3.8, 4) is 0 Å². The summed E-state index contributed by atoms with van der Waals surface area (Å²) in [4.78, 5) is 41.3. The van der Waals surface area contributed by atoms with Crippen LogP contribution in [0.15, 0.2) is 42.5 Å². The molecule has 2 rings (SSSR count). The average molecular weight is 498 g/mol. The number of hydrogen-bond donors (Lipinski definition) is 3. The van der Waals surface area contributed by atoms with Crippen LogP contribution in [-0.2, 0) is 14.3 Å². The minimum absolute atomic E-state index is 0.396. The molecular weight excluding hydrogens is 458 g/mol. The van der Waals surface area contributed by atoms with E-state index in [0.29, 0.717) is 11.3 Å². The van der Waals surface area contributed by atoms with Gasteiger partial charge >= 0.3 is 6.09 Å². The number of aryl methyl sites for hydroxylation is 3. The number of aliphatic hydroxyl groups is 1. The van der Waals surface area contributed by atoms with E-state index < -0.39 is 48.2 Å². The number of para-hydroxylation sites is 1. The van der Waals surface area contributed by atoms with Gasteiger partial charge in [-0.3, -0.25) is 9.59 Å². The molecule has 0 saturated carbocycles. The van der Waals surface area contributed by atoms with Gasteiger partial charge in [0.15, 0.2) is 0 Å². The lowest BCUT2D eigenvalue weighted by atomic mass is 9.99. The Balaban J connectivity index is 2.49. The number of nitrogens with zero attached hydrogens (tertiary/aromatic N) is 1. The van der Waals surface area contributed by atoms with Crippen molar-refractivity contribution >= 4 is 23.6 Å². The Labute approximate surface area is 214 Å². The van der Waals surface area contributed by atoms with E-state index in [-0.39, 0.29) is 0 Å². The normalized spacial score (nSPS) is 13.1. The monoisotopic (exact) mass is 497 g/mol. The Morgan fingerprint density at radius 3 is 2.00 bits per heavy atom. The molecule has 8 heteroatoms. The molecule has 36 heavy (non-hydrogen) atoms. The van der Waals surface area contributed by atoms with Gasteiger partial charge in [0.05, 0.1) is 6.61 Å². The largest absolute Gasteiger partial charge is 0.444 e. The van der Waals surface area contributed by atoms with Crippen LogP contribution in [-0.4, -0.2) is 52.2 Å². The molecule has 0 aliphatic rings. The predicted molar refractivity (Wildman–Crippen MR) is 141 cm³/mol. The van der Waals surface area contributed by atoms with Crippen molar-refractivity contribution in [2.75, 3.05) is 11.9 Å². The van der Waals surface area contributed by atoms with Crippen molar-refractivity contribution in [3.63, 3.8) is 0 Å². The van der Waals surface area contributed by atoms with Crippen LogP contribution in [0.4, 0.5) is 10.5 Å². The summed E-state index contributed by atoms with van der Waals surface area (Å²) in [5.74, 6) is -0.993. The molecule has 0 saturated heterocycles. The first-order chi connectivity index (χ1) is 16.7. The van der Waals surface area contributed by atoms with Gasteiger partial charge in [0.25, 0.3) is 5.91 Å². The molecular formula is C28H39N3O5. The Hall–Kier alpha value is -3.39. The fraction of sp³-hybridized carbons (Fsp3) is 0.464. The Bertz CT molecular complexity index is 1050. The number of carbonyl (C=O) groups is 3. The topological polar surface area (TPSA) is 108 Å². The van der Waals surface area contributed by atoms with Crippen LogP contribution in [0.2, 0.25) is 0 Å². The Morgan fingerprint density at radius 2 is 1.53 bits per heavy atom. The maximum absolute atomic E-state index is 13.8. The van der Waals surface area contributed by atoms with Crippen molar-refractivity contribution < 1.29 is 24.2 Å². The van der Waals surface area contributed by atoms with Gasteiger partial charge < -0.3 is 25.4 Å². The maximum atomic E-state index is 13.8. The van der Waals surface area contributed by atoms with E-state index in [0.717, 1.165) is 16.7 Å². The summed E-state index contributed by atoms with van der Waals surface area (Å²) in [6.45, 7) is 13.8. The predicted octanol–water partition coefficient (Wildman–Crippen LogP) is 4.41. The SMILES string of the molecule is Cc1ccc(C(C(=O)Nc2c(C)cccc2C)N(C(=O)C(CO)NC(=O)OC(C)(C)C)C(C)C)cc1. The highest BCUT2D eigenvalue weighted by molar-refractivity contribution is 6.00. The first-order valence-corrected chi connectivity index (χ1v) is 12.1. The fourth-order valence-electron chi connectivity index (χ4n) is 3.89. The van der Waals surface area contributed by atoms with Gasteiger partial charge in [0, 0.05) is 11.7 Å². The third-order valence-corrected chi connectivity index (χ3v) is 5.63. The van der Waals surface area contributed by atoms with Gasteiger partial charge in [-0.25, -0.2) is 4.79 Å². The third kappa shape index (κ3) is 7.55. The number of rotatable bonds is 8. The molecule has 0 spiro atoms. The van der Waals surface area contributed by atoms with E-state index in [1.54, 1.807) is 34.6 Å². The minimum atomic E-state index is -1.29. The van der Waals surface area contributed by atoms with Crippen LogP contribution >= 0.6 is 0 Å². The number of benzene rings is 2. The van der Waals surface area contributed by atoms with Crippen LogP contribution in [0.25, 0.3) is 0 Å². The number of aliphatic hydroxyl groups excluding tert-OH is 1. The number of carbonyl (C=O) groups excluding carboxylic acids is 3. The Morgan fingerprint density at radius 1 is 0.972 bits per heavy atom. The summed E-state index contributed by atoms with van der Waals surface area (Å²) in [6.07, 6.45) is -0.828. The lowest BCUT2D eigenvalue weighted by Crippen LogP contribution is -2.55. The van der Waals surface area contributed by atoms with Crippen molar-refractivity contribution in [2.24, 2.45) is 0 Å². The van der Waals surface area contributed by atoms with E-state index in [2.05, 4.69) is 10.6 Å². The number of ether oxygens (including phenoxy) is 1. The first kappa shape index (κ1) is 28.8. The summed E-state index contributed by atoms with van der Waals surface area (Å²) in [7, 11) is 0. The smallest absolute Gasteiger partial charge is 0.408 e. The molecule has 196 valence electrons. The molecule has 0 bridgehead atoms. The third-order valence-electron chi connectivity index (χ3n) is 5.63. The van der Waals surface area contributed by atoms with Gasteiger partial charge in [-0.15, -0.1) is 0 Å². The molecule has 3 N–H and O–H groups in total. The summed E-state index contributed by atoms with van der Waals surface area (Å²) >= 11 is 0. The van der Waals surface area contributed by atoms with Crippen molar-refractivity contribution in [3.05, 3.63) is 64.7 Å². The highest BCUT2D eigenvalue weighted by Gasteiger charge is 2.37. The number of nitrogens with one attached hydrogen (secondary N) is 2. The number of amides is 3. The van der Waals surface area contributed by atoms with E-state index in [4.69, 9.17) is 4.74 Å². The van der Waals surface area contributed by atoms with E-state index in [9.17, 15) is 19.5 Å². The molecule has 0 aliphatic heterocycles. The van der Waals surface area contributed by atoms with Crippen LogP contribution in [0.5, 0.6) is 0 Å². The van der Waals surface area contributed by atoms with Crippen LogP contribution < -0.4 is 10.6 Å². The van der Waals surface area contributed by atoms with E-state index >= 15 is 0 Å². The number of hydrogen-bond acceptors (Lipinski definition) is 5. The highest BCUT2D eigenvalue weighted by atomic mass is 16.6. The standard InChI is InChI=1S/C28H39N3O5/c1-17(2)31(26(34)22(16-32)29-27(35)36-28(6,7)8)24(21-14-12-18(3)13-15-21)25(33)30-23-19(4)10-9-11-20(23)5/h9-15,17,22,24,32H,16H2,1-8H3,(H,29,35)(H,30,33). The maximum Gasteiger partial charge on any atom is 0.408 e. The quantitative estimate of drug-likeness (QED) is 0.501. The van der Waals surface area contributed by atoms with Gasteiger partial charge in [-0.05, 0) is 72.1 Å².